The van der Waals surface area contributed by atoms with Crippen molar-refractivity contribution in [2.24, 2.45) is 5.73 Å². The van der Waals surface area contributed by atoms with Crippen LogP contribution in [0.2, 0.25) is 0 Å². The fourth-order valence-corrected chi connectivity index (χ4v) is 0.329. The normalized spacial score (nSPS) is 12.8. The summed E-state index contributed by atoms with van der Waals surface area (Å²) in [4.78, 5) is 0. The SMILES string of the molecule is CCC(C)[N]C(=N)N. The summed E-state index contributed by atoms with van der Waals surface area (Å²) in [5.41, 5.74) is 4.99. The molecule has 0 aromatic heterocycles. The van der Waals surface area contributed by atoms with Crippen LogP contribution in [-0.4, -0.2) is 12.0 Å². The number of nitrogens with two attached hydrogens (primary N) is 1. The zero-order valence-corrected chi connectivity index (χ0v) is 5.31. The van der Waals surface area contributed by atoms with Crippen LogP contribution in [0, 0.1) is 5.41 Å². The third kappa shape index (κ3) is 3.46. The van der Waals surface area contributed by atoms with Crippen molar-refractivity contribution in [3.8, 4) is 0 Å². The van der Waals surface area contributed by atoms with Gasteiger partial charge in [-0.05, 0) is 13.3 Å². The average molecular weight is 114 g/mol. The third-order valence-electron chi connectivity index (χ3n) is 0.950. The van der Waals surface area contributed by atoms with E-state index < -0.39 is 0 Å². The van der Waals surface area contributed by atoms with E-state index in [4.69, 9.17) is 11.1 Å². The Morgan fingerprint density at radius 1 is 1.88 bits per heavy atom. The van der Waals surface area contributed by atoms with Gasteiger partial charge in [-0.15, -0.1) is 0 Å². The summed E-state index contributed by atoms with van der Waals surface area (Å²) in [6.07, 6.45) is 0.944. The summed E-state index contributed by atoms with van der Waals surface area (Å²) in [5, 5.41) is 10.5. The van der Waals surface area contributed by atoms with Gasteiger partial charge >= 0.3 is 0 Å². The first-order chi connectivity index (χ1) is 3.66. The van der Waals surface area contributed by atoms with Crippen molar-refractivity contribution < 1.29 is 0 Å². The van der Waals surface area contributed by atoms with Crippen LogP contribution in [0.1, 0.15) is 20.3 Å². The molecule has 0 aliphatic rings. The van der Waals surface area contributed by atoms with Crippen molar-refractivity contribution in [3.63, 3.8) is 0 Å². The lowest BCUT2D eigenvalue weighted by Crippen LogP contribution is -2.30. The van der Waals surface area contributed by atoms with E-state index >= 15 is 0 Å². The van der Waals surface area contributed by atoms with Crippen LogP contribution in [0.15, 0.2) is 0 Å². The Hall–Kier alpha value is -0.730. The van der Waals surface area contributed by atoms with Gasteiger partial charge < -0.3 is 5.73 Å². The van der Waals surface area contributed by atoms with Gasteiger partial charge in [-0.3, -0.25) is 5.41 Å². The first kappa shape index (κ1) is 7.27. The van der Waals surface area contributed by atoms with Crippen LogP contribution in [-0.2, 0) is 0 Å². The number of nitrogens with one attached hydrogen (secondary N) is 1. The molecule has 1 radical (unpaired) electrons. The summed E-state index contributed by atoms with van der Waals surface area (Å²) < 4.78 is 0. The van der Waals surface area contributed by atoms with Crippen molar-refractivity contribution in [1.82, 2.24) is 5.32 Å². The Morgan fingerprint density at radius 2 is 2.38 bits per heavy atom. The monoisotopic (exact) mass is 114 g/mol. The van der Waals surface area contributed by atoms with Crippen molar-refractivity contribution in [1.29, 1.82) is 5.41 Å². The molecule has 0 amide bonds. The Kier molecular flexibility index (Phi) is 2.99. The molecule has 0 aromatic rings. The lowest BCUT2D eigenvalue weighted by atomic mass is 10.3. The molecular formula is C5H12N3. The minimum atomic E-state index is -0.0700. The standard InChI is InChI=1S/C5H12N3/c1-3-4(2)8-5(6)7/h4H,3H2,1-2H3,(H3,6,7). The molecule has 0 heterocycles. The quantitative estimate of drug-likeness (QED) is 0.393. The number of nitrogens with zero attached hydrogens (tertiary/aromatic N) is 1. The molecular weight excluding hydrogens is 102 g/mol. The zero-order valence-electron chi connectivity index (χ0n) is 5.31. The maximum absolute atomic E-state index is 6.74. The topological polar surface area (TPSA) is 64.0 Å². The first-order valence-electron chi connectivity index (χ1n) is 2.71. The highest BCUT2D eigenvalue weighted by molar-refractivity contribution is 5.74. The maximum Gasteiger partial charge on any atom is 0.208 e. The van der Waals surface area contributed by atoms with Crippen LogP contribution < -0.4 is 11.1 Å². The predicted octanol–water partition coefficient (Wildman–Crippen LogP) is 0.283. The number of rotatable bonds is 2. The van der Waals surface area contributed by atoms with E-state index in [1.165, 1.54) is 0 Å². The molecule has 0 saturated heterocycles. The highest BCUT2D eigenvalue weighted by Crippen LogP contribution is 1.86. The minimum absolute atomic E-state index is 0.0700. The van der Waals surface area contributed by atoms with E-state index in [1.807, 2.05) is 13.8 Å². The number of hydrogen-bond acceptors (Lipinski definition) is 1. The van der Waals surface area contributed by atoms with Gasteiger partial charge in [-0.25, -0.2) is 5.32 Å². The van der Waals surface area contributed by atoms with E-state index in [0.717, 1.165) is 6.42 Å². The van der Waals surface area contributed by atoms with Crippen LogP contribution >= 0.6 is 0 Å². The second kappa shape index (κ2) is 3.29. The molecule has 3 heteroatoms. The molecule has 0 aliphatic carbocycles. The lowest BCUT2D eigenvalue weighted by Gasteiger charge is -2.04. The van der Waals surface area contributed by atoms with Gasteiger partial charge in [0.15, 0.2) is 0 Å². The number of hydrogen-bond donors (Lipinski definition) is 2. The minimum Gasteiger partial charge on any atom is -0.369 e. The van der Waals surface area contributed by atoms with Crippen LogP contribution in [0.4, 0.5) is 0 Å². The first-order valence-corrected chi connectivity index (χ1v) is 2.71. The van der Waals surface area contributed by atoms with E-state index in [2.05, 4.69) is 5.32 Å². The lowest BCUT2D eigenvalue weighted by molar-refractivity contribution is 0.627. The summed E-state index contributed by atoms with van der Waals surface area (Å²) in [6.45, 7) is 3.94. The molecule has 0 spiro atoms. The van der Waals surface area contributed by atoms with Gasteiger partial charge in [0, 0.05) is 0 Å². The van der Waals surface area contributed by atoms with Gasteiger partial charge in [0.25, 0.3) is 0 Å². The second-order valence-corrected chi connectivity index (χ2v) is 1.77. The summed E-state index contributed by atoms with van der Waals surface area (Å²) in [5.74, 6) is -0.0700. The van der Waals surface area contributed by atoms with Crippen molar-refractivity contribution in [2.45, 2.75) is 26.3 Å². The fraction of sp³-hybridized carbons (Fsp3) is 0.800. The average Bonchev–Trinajstić information content (AvgIpc) is 1.65. The third-order valence-corrected chi connectivity index (χ3v) is 0.950. The van der Waals surface area contributed by atoms with Gasteiger partial charge in [0.1, 0.15) is 0 Å². The van der Waals surface area contributed by atoms with Gasteiger partial charge in [-0.1, -0.05) is 6.92 Å². The molecule has 0 aromatic carbocycles. The van der Waals surface area contributed by atoms with Crippen LogP contribution in [0.25, 0.3) is 0 Å². The molecule has 8 heavy (non-hydrogen) atoms. The van der Waals surface area contributed by atoms with Gasteiger partial charge in [-0.2, -0.15) is 0 Å². The van der Waals surface area contributed by atoms with E-state index in [0.29, 0.717) is 0 Å². The Balaban J connectivity index is 3.24. The molecule has 0 rings (SSSR count). The fourth-order valence-electron chi connectivity index (χ4n) is 0.329. The van der Waals surface area contributed by atoms with Crippen LogP contribution in [0.3, 0.4) is 0 Å². The smallest absolute Gasteiger partial charge is 0.208 e. The zero-order chi connectivity index (χ0) is 6.57. The van der Waals surface area contributed by atoms with Crippen molar-refractivity contribution in [3.05, 3.63) is 0 Å². The van der Waals surface area contributed by atoms with Gasteiger partial charge in [0.2, 0.25) is 5.96 Å². The molecule has 0 saturated carbocycles. The van der Waals surface area contributed by atoms with E-state index in [9.17, 15) is 0 Å². The van der Waals surface area contributed by atoms with Crippen molar-refractivity contribution >= 4 is 5.96 Å². The molecule has 1 atom stereocenters. The summed E-state index contributed by atoms with van der Waals surface area (Å²) in [7, 11) is 0. The largest absolute Gasteiger partial charge is 0.369 e. The highest BCUT2D eigenvalue weighted by atomic mass is 15.1. The second-order valence-electron chi connectivity index (χ2n) is 1.77. The van der Waals surface area contributed by atoms with Gasteiger partial charge in [0.05, 0.1) is 6.04 Å². The Labute approximate surface area is 49.8 Å². The highest BCUT2D eigenvalue weighted by Gasteiger charge is 1.97. The Morgan fingerprint density at radius 3 is 2.50 bits per heavy atom. The van der Waals surface area contributed by atoms with Crippen LogP contribution in [0.5, 0.6) is 0 Å². The number of guanidine groups is 1. The summed E-state index contributed by atoms with van der Waals surface area (Å²) in [6, 6.07) is 0.201. The van der Waals surface area contributed by atoms with E-state index in [-0.39, 0.29) is 12.0 Å². The molecule has 0 bridgehead atoms. The molecule has 47 valence electrons. The predicted molar refractivity (Wildman–Crippen MR) is 33.8 cm³/mol. The molecule has 3 nitrogen and oxygen atoms in total. The molecule has 0 aliphatic heterocycles. The van der Waals surface area contributed by atoms with Crippen molar-refractivity contribution in [2.75, 3.05) is 0 Å². The Bertz CT molecular complexity index is 79.7. The molecule has 3 N–H and O–H groups in total. The molecule has 0 fully saturated rings. The maximum atomic E-state index is 6.74. The molecule has 1 unspecified atom stereocenters. The van der Waals surface area contributed by atoms with E-state index in [1.54, 1.807) is 0 Å². The summed E-state index contributed by atoms with van der Waals surface area (Å²) >= 11 is 0.